The van der Waals surface area contributed by atoms with Crippen LogP contribution in [0.1, 0.15) is 12.5 Å². The number of hydrogen-bond donors (Lipinski definition) is 2. The normalized spacial score (nSPS) is 27.6. The molecular formula is C13H12F5N3O3S. The quantitative estimate of drug-likeness (QED) is 0.209. The van der Waals surface area contributed by atoms with E-state index >= 15 is 0 Å². The number of aliphatic imine (C=N–C) groups is 1. The highest BCUT2D eigenvalue weighted by atomic mass is 32.1. The third-order valence-electron chi connectivity index (χ3n) is 4.02. The maximum atomic E-state index is 14.3. The van der Waals surface area contributed by atoms with Gasteiger partial charge in [-0.25, -0.2) is 13.8 Å². The van der Waals surface area contributed by atoms with Crippen LogP contribution in [0.15, 0.2) is 17.1 Å². The van der Waals surface area contributed by atoms with Gasteiger partial charge in [-0.3, -0.25) is 10.1 Å². The van der Waals surface area contributed by atoms with Gasteiger partial charge in [0.25, 0.3) is 5.69 Å². The van der Waals surface area contributed by atoms with Gasteiger partial charge in [-0.2, -0.15) is 13.2 Å². The lowest BCUT2D eigenvalue weighted by molar-refractivity contribution is -0.385. The topological polar surface area (TPSA) is 90.8 Å². The van der Waals surface area contributed by atoms with Crippen molar-refractivity contribution in [3.8, 4) is 0 Å². The molecule has 2 N–H and O–H groups in total. The average Bonchev–Trinajstić information content (AvgIpc) is 2.78. The van der Waals surface area contributed by atoms with Crippen LogP contribution in [-0.2, 0) is 10.3 Å². The van der Waals surface area contributed by atoms with E-state index in [1.165, 1.54) is 0 Å². The Labute approximate surface area is 143 Å². The van der Waals surface area contributed by atoms with Crippen molar-refractivity contribution in [2.45, 2.75) is 24.7 Å². The van der Waals surface area contributed by atoms with Crippen molar-refractivity contribution in [2.75, 3.05) is 6.61 Å². The van der Waals surface area contributed by atoms with Gasteiger partial charge in [0.05, 0.1) is 17.6 Å². The number of nitro benzene ring substituents is 1. The molecule has 0 aromatic heterocycles. The molecule has 0 saturated carbocycles. The van der Waals surface area contributed by atoms with Crippen molar-refractivity contribution in [1.29, 1.82) is 0 Å². The number of thiol groups is 1. The van der Waals surface area contributed by atoms with Crippen LogP contribution >= 0.6 is 12.6 Å². The van der Waals surface area contributed by atoms with E-state index in [1.54, 1.807) is 0 Å². The summed E-state index contributed by atoms with van der Waals surface area (Å²) in [6.07, 6.45) is -7.15. The Kier molecular flexibility index (Phi) is 4.97. The van der Waals surface area contributed by atoms with Gasteiger partial charge in [-0.1, -0.05) is 6.92 Å². The summed E-state index contributed by atoms with van der Waals surface area (Å²) in [5, 5.41) is 10.4. The molecule has 138 valence electrons. The van der Waals surface area contributed by atoms with Crippen molar-refractivity contribution < 1.29 is 31.6 Å². The predicted molar refractivity (Wildman–Crippen MR) is 80.3 cm³/mol. The lowest BCUT2D eigenvalue weighted by Gasteiger charge is -2.30. The van der Waals surface area contributed by atoms with Crippen LogP contribution in [-0.4, -0.2) is 29.0 Å². The summed E-state index contributed by atoms with van der Waals surface area (Å²) < 4.78 is 72.1. The Balaban J connectivity index is 2.73. The summed E-state index contributed by atoms with van der Waals surface area (Å²) in [7, 11) is 0. The van der Waals surface area contributed by atoms with Crippen molar-refractivity contribution in [3.05, 3.63) is 39.4 Å². The number of ether oxygens (including phenoxy) is 1. The number of benzene rings is 1. The summed E-state index contributed by atoms with van der Waals surface area (Å²) in [5.74, 6) is -4.71. The maximum absolute atomic E-state index is 14.3. The first kappa shape index (κ1) is 19.4. The van der Waals surface area contributed by atoms with Crippen LogP contribution in [0.4, 0.5) is 27.6 Å². The Morgan fingerprint density at radius 1 is 1.48 bits per heavy atom. The molecule has 0 amide bonds. The maximum Gasteiger partial charge on any atom is 0.414 e. The molecule has 1 aliphatic rings. The molecule has 1 saturated heterocycles. The molecule has 0 unspecified atom stereocenters. The minimum Gasteiger partial charge on any atom is -0.379 e. The average molecular weight is 385 g/mol. The van der Waals surface area contributed by atoms with E-state index in [9.17, 15) is 32.1 Å². The second kappa shape index (κ2) is 6.41. The van der Waals surface area contributed by atoms with E-state index in [0.29, 0.717) is 12.1 Å². The van der Waals surface area contributed by atoms with Gasteiger partial charge >= 0.3 is 6.18 Å². The fourth-order valence-electron chi connectivity index (χ4n) is 2.84. The zero-order valence-corrected chi connectivity index (χ0v) is 13.4. The summed E-state index contributed by atoms with van der Waals surface area (Å²) in [4.78, 5) is 13.6. The number of nitrogens with two attached hydrogens (primary N) is 1. The number of nitro groups is 1. The van der Waals surface area contributed by atoms with E-state index in [1.807, 2.05) is 0 Å². The summed E-state index contributed by atoms with van der Waals surface area (Å²) in [5.41, 5.74) is 1.60. The molecule has 12 heteroatoms. The van der Waals surface area contributed by atoms with E-state index in [0.717, 1.165) is 6.92 Å². The Bertz CT molecular complexity index is 738. The zero-order chi connectivity index (χ0) is 19.2. The number of rotatable bonds is 3. The number of alkyl halides is 3. The lowest BCUT2D eigenvalue weighted by Crippen LogP contribution is -2.40. The molecular weight excluding hydrogens is 373 g/mol. The van der Waals surface area contributed by atoms with Crippen molar-refractivity contribution in [2.24, 2.45) is 16.6 Å². The lowest BCUT2D eigenvalue weighted by atomic mass is 9.78. The highest BCUT2D eigenvalue weighted by Gasteiger charge is 2.59. The third kappa shape index (κ3) is 3.40. The van der Waals surface area contributed by atoms with Gasteiger partial charge in [0.1, 0.15) is 5.54 Å². The van der Waals surface area contributed by atoms with Crippen LogP contribution in [0.3, 0.4) is 0 Å². The molecule has 1 heterocycles. The van der Waals surface area contributed by atoms with Crippen LogP contribution in [0, 0.1) is 27.7 Å². The molecule has 0 aliphatic carbocycles. The molecule has 6 nitrogen and oxygen atoms in total. The van der Waals surface area contributed by atoms with Gasteiger partial charge in [-0.05, 0) is 0 Å². The van der Waals surface area contributed by atoms with E-state index in [-0.39, 0.29) is 0 Å². The fourth-order valence-corrected chi connectivity index (χ4v) is 3.02. The minimum atomic E-state index is -4.81. The third-order valence-corrected chi connectivity index (χ3v) is 4.12. The van der Waals surface area contributed by atoms with Crippen LogP contribution in [0.5, 0.6) is 0 Å². The number of halogens is 5. The largest absolute Gasteiger partial charge is 0.414 e. The predicted octanol–water partition coefficient (Wildman–Crippen LogP) is 2.91. The molecule has 3 atom stereocenters. The molecule has 0 bridgehead atoms. The molecule has 1 aromatic carbocycles. The number of nitrogens with zero attached hydrogens (tertiary/aromatic N) is 2. The molecule has 25 heavy (non-hydrogen) atoms. The van der Waals surface area contributed by atoms with Gasteiger partial charge < -0.3 is 10.5 Å². The van der Waals surface area contributed by atoms with Crippen LogP contribution < -0.4 is 5.73 Å². The highest BCUT2D eigenvalue weighted by Crippen LogP contribution is 2.49. The second-order valence-electron chi connectivity index (χ2n) is 5.50. The van der Waals surface area contributed by atoms with Gasteiger partial charge in [0, 0.05) is 17.5 Å². The number of amidine groups is 1. The summed E-state index contributed by atoms with van der Waals surface area (Å²) in [6, 6.07) is 0.944. The summed E-state index contributed by atoms with van der Waals surface area (Å²) >= 11 is 3.69. The van der Waals surface area contributed by atoms with Gasteiger partial charge in [-0.15, -0.1) is 12.6 Å². The first-order chi connectivity index (χ1) is 11.4. The van der Waals surface area contributed by atoms with Crippen molar-refractivity contribution in [1.82, 2.24) is 0 Å². The Morgan fingerprint density at radius 2 is 2.08 bits per heavy atom. The number of non-ortho nitro benzene ring substituents is 1. The molecule has 0 radical (unpaired) electrons. The molecule has 0 spiro atoms. The van der Waals surface area contributed by atoms with Crippen LogP contribution in [0.2, 0.25) is 0 Å². The molecule has 1 fully saturated rings. The summed E-state index contributed by atoms with van der Waals surface area (Å²) in [6.45, 7) is 0.249. The van der Waals surface area contributed by atoms with Crippen molar-refractivity contribution >= 4 is 23.5 Å². The van der Waals surface area contributed by atoms with Crippen LogP contribution in [0.25, 0.3) is 0 Å². The second-order valence-corrected chi connectivity index (χ2v) is 5.96. The van der Waals surface area contributed by atoms with Gasteiger partial charge in [0.15, 0.2) is 22.9 Å². The first-order valence-electron chi connectivity index (χ1n) is 6.76. The van der Waals surface area contributed by atoms with Crippen molar-refractivity contribution in [3.63, 3.8) is 0 Å². The Morgan fingerprint density at radius 3 is 2.52 bits per heavy atom. The monoisotopic (exact) mass is 385 g/mol. The van der Waals surface area contributed by atoms with E-state index in [2.05, 4.69) is 17.6 Å². The minimum absolute atomic E-state index is 0.321. The number of hydrogen-bond acceptors (Lipinski definition) is 4. The van der Waals surface area contributed by atoms with E-state index < -0.39 is 63.3 Å². The smallest absolute Gasteiger partial charge is 0.379 e. The van der Waals surface area contributed by atoms with E-state index in [4.69, 9.17) is 10.5 Å². The SMILES string of the molecule is C[C@@H]1[C@@H](C(F)(F)F)OC[C@@]1(/N=C(/N)S)c1cc([N+](=O)[O-])cc(F)c1F. The highest BCUT2D eigenvalue weighted by molar-refractivity contribution is 7.96. The Hall–Kier alpha value is -1.95. The molecule has 1 aromatic rings. The van der Waals surface area contributed by atoms with Gasteiger partial charge in [0.2, 0.25) is 0 Å². The first-order valence-corrected chi connectivity index (χ1v) is 7.21. The fraction of sp³-hybridized carbons (Fsp3) is 0.462. The zero-order valence-electron chi connectivity index (χ0n) is 12.6. The molecule has 2 rings (SSSR count). The standard InChI is InChI=1S/C13H12F5N3O3S/c1-5-10(13(16,17)18)24-4-12(5,20-11(19)25)7-2-6(21(22)23)3-8(14)9(7)15/h2-3,5,10H,4H2,1H3,(H3,19,20,25)/t5-,10+,12+/m1/s1. The molecule has 1 aliphatic heterocycles.